The minimum absolute atomic E-state index is 0.292. The predicted octanol–water partition coefficient (Wildman–Crippen LogP) is 4.75. The summed E-state index contributed by atoms with van der Waals surface area (Å²) in [6.07, 6.45) is 0. The lowest BCUT2D eigenvalue weighted by molar-refractivity contribution is 0.0696. The summed E-state index contributed by atoms with van der Waals surface area (Å²) in [5.74, 6) is -0.149. The number of hydrogen-bond acceptors (Lipinski definition) is 2. The third-order valence-corrected chi connectivity index (χ3v) is 5.32. The molecule has 0 atom stereocenters. The molecule has 0 spiro atoms. The third kappa shape index (κ3) is 2.73. The first-order valence-electron chi connectivity index (χ1n) is 6.56. The van der Waals surface area contributed by atoms with Crippen LogP contribution in [0.25, 0.3) is 22.4 Å². The summed E-state index contributed by atoms with van der Waals surface area (Å²) in [5.41, 5.74) is 5.57. The Hall–Kier alpha value is -1.16. The molecular formula is C16H12I2N2O2. The van der Waals surface area contributed by atoms with Crippen molar-refractivity contribution in [2.24, 2.45) is 0 Å². The lowest BCUT2D eigenvalue weighted by atomic mass is 10.1. The summed E-state index contributed by atoms with van der Waals surface area (Å²) in [6.45, 7) is 4.14. The molecule has 0 bridgehead atoms. The molecule has 0 unspecified atom stereocenters. The van der Waals surface area contributed by atoms with Crippen LogP contribution in [-0.2, 0) is 0 Å². The SMILES string of the molecule is Cc1cc2nc(-c3c(I)cc(C(=O)O)cc3I)[nH]c2cc1C. The van der Waals surface area contributed by atoms with E-state index in [1.165, 1.54) is 11.1 Å². The Morgan fingerprint density at radius 1 is 1.09 bits per heavy atom. The number of halogens is 2. The highest BCUT2D eigenvalue weighted by Gasteiger charge is 2.16. The number of fused-ring (bicyclic) bond motifs is 1. The Morgan fingerprint density at radius 2 is 1.68 bits per heavy atom. The van der Waals surface area contributed by atoms with Crippen LogP contribution in [0.1, 0.15) is 21.5 Å². The number of carboxylic acid groups (broad SMARTS) is 1. The summed E-state index contributed by atoms with van der Waals surface area (Å²) in [7, 11) is 0. The molecule has 2 aromatic carbocycles. The highest BCUT2D eigenvalue weighted by atomic mass is 127. The molecule has 0 aliphatic carbocycles. The van der Waals surface area contributed by atoms with Crippen LogP contribution < -0.4 is 0 Å². The van der Waals surface area contributed by atoms with Gasteiger partial charge in [-0.25, -0.2) is 9.78 Å². The molecule has 0 aliphatic rings. The van der Waals surface area contributed by atoms with Crippen LogP contribution in [0.5, 0.6) is 0 Å². The van der Waals surface area contributed by atoms with Gasteiger partial charge in [0.2, 0.25) is 0 Å². The first-order chi connectivity index (χ1) is 10.4. The van der Waals surface area contributed by atoms with Gasteiger partial charge in [0.25, 0.3) is 0 Å². The molecule has 4 nitrogen and oxygen atoms in total. The summed E-state index contributed by atoms with van der Waals surface area (Å²) in [6, 6.07) is 7.50. The van der Waals surface area contributed by atoms with E-state index in [4.69, 9.17) is 5.11 Å². The molecule has 0 fully saturated rings. The van der Waals surface area contributed by atoms with Crippen LogP contribution in [0.4, 0.5) is 0 Å². The van der Waals surface area contributed by atoms with E-state index in [9.17, 15) is 4.79 Å². The molecule has 0 saturated carbocycles. The fraction of sp³-hybridized carbons (Fsp3) is 0.125. The maximum atomic E-state index is 11.1. The van der Waals surface area contributed by atoms with Crippen LogP contribution in [-0.4, -0.2) is 21.0 Å². The van der Waals surface area contributed by atoms with Crippen LogP contribution >= 0.6 is 45.2 Å². The topological polar surface area (TPSA) is 66.0 Å². The Balaban J connectivity index is 2.21. The number of aryl methyl sites for hydroxylation is 2. The lowest BCUT2D eigenvalue weighted by Crippen LogP contribution is -2.00. The van der Waals surface area contributed by atoms with Gasteiger partial charge in [-0.15, -0.1) is 0 Å². The predicted molar refractivity (Wildman–Crippen MR) is 103 cm³/mol. The van der Waals surface area contributed by atoms with Crippen LogP contribution in [0.2, 0.25) is 0 Å². The van der Waals surface area contributed by atoms with Crippen molar-refractivity contribution >= 4 is 62.2 Å². The second kappa shape index (κ2) is 5.80. The second-order valence-electron chi connectivity index (χ2n) is 5.16. The summed E-state index contributed by atoms with van der Waals surface area (Å²) in [4.78, 5) is 19.1. The Bertz CT molecular complexity index is 854. The number of H-pyrrole nitrogens is 1. The van der Waals surface area contributed by atoms with Crippen molar-refractivity contribution in [1.82, 2.24) is 9.97 Å². The van der Waals surface area contributed by atoms with E-state index < -0.39 is 5.97 Å². The summed E-state index contributed by atoms with van der Waals surface area (Å²) in [5, 5.41) is 9.14. The largest absolute Gasteiger partial charge is 0.478 e. The van der Waals surface area contributed by atoms with Crippen LogP contribution in [0, 0.1) is 21.0 Å². The molecule has 3 rings (SSSR count). The van der Waals surface area contributed by atoms with Gasteiger partial charge in [-0.3, -0.25) is 0 Å². The molecule has 112 valence electrons. The average Bonchev–Trinajstić information content (AvgIpc) is 2.80. The van der Waals surface area contributed by atoms with Crippen molar-refractivity contribution in [3.8, 4) is 11.4 Å². The maximum absolute atomic E-state index is 11.1. The first-order valence-corrected chi connectivity index (χ1v) is 8.72. The number of imidazole rings is 1. The summed E-state index contributed by atoms with van der Waals surface area (Å²) < 4.78 is 1.74. The Kier molecular flexibility index (Phi) is 4.15. The zero-order valence-electron chi connectivity index (χ0n) is 11.9. The fourth-order valence-electron chi connectivity index (χ4n) is 2.31. The second-order valence-corrected chi connectivity index (χ2v) is 7.48. The molecular weight excluding hydrogens is 506 g/mol. The van der Waals surface area contributed by atoms with Crippen molar-refractivity contribution in [2.75, 3.05) is 0 Å². The van der Waals surface area contributed by atoms with E-state index in [1.54, 1.807) is 12.1 Å². The normalized spacial score (nSPS) is 11.1. The highest BCUT2D eigenvalue weighted by molar-refractivity contribution is 14.1. The monoisotopic (exact) mass is 518 g/mol. The molecule has 1 aromatic heterocycles. The van der Waals surface area contributed by atoms with Crippen molar-refractivity contribution in [3.05, 3.63) is 48.1 Å². The quantitative estimate of drug-likeness (QED) is 0.482. The lowest BCUT2D eigenvalue weighted by Gasteiger charge is -2.06. The number of nitrogens with one attached hydrogen (secondary N) is 1. The number of aromatic amines is 1. The zero-order valence-corrected chi connectivity index (χ0v) is 16.2. The average molecular weight is 518 g/mol. The summed E-state index contributed by atoms with van der Waals surface area (Å²) >= 11 is 4.32. The van der Waals surface area contributed by atoms with Crippen molar-refractivity contribution in [1.29, 1.82) is 0 Å². The van der Waals surface area contributed by atoms with Gasteiger partial charge < -0.3 is 10.1 Å². The molecule has 6 heteroatoms. The van der Waals surface area contributed by atoms with Crippen molar-refractivity contribution in [3.63, 3.8) is 0 Å². The smallest absolute Gasteiger partial charge is 0.335 e. The fourth-order valence-corrected chi connectivity index (χ4v) is 4.59. The van der Waals surface area contributed by atoms with Crippen molar-refractivity contribution in [2.45, 2.75) is 13.8 Å². The number of aromatic nitrogens is 2. The Morgan fingerprint density at radius 3 is 2.27 bits per heavy atom. The molecule has 3 aromatic rings. The molecule has 0 amide bonds. The van der Waals surface area contributed by atoms with E-state index >= 15 is 0 Å². The van der Waals surface area contributed by atoms with E-state index in [0.29, 0.717) is 5.56 Å². The van der Waals surface area contributed by atoms with Crippen LogP contribution in [0.3, 0.4) is 0 Å². The molecule has 1 heterocycles. The van der Waals surface area contributed by atoms with E-state index in [2.05, 4.69) is 81.1 Å². The number of aromatic carboxylic acids is 1. The molecule has 0 radical (unpaired) electrons. The van der Waals surface area contributed by atoms with Gasteiger partial charge in [-0.05, 0) is 94.4 Å². The van der Waals surface area contributed by atoms with E-state index in [-0.39, 0.29) is 0 Å². The van der Waals surface area contributed by atoms with E-state index in [0.717, 1.165) is 29.6 Å². The van der Waals surface area contributed by atoms with Gasteiger partial charge in [0.05, 0.1) is 16.6 Å². The Labute approximate surface area is 154 Å². The van der Waals surface area contributed by atoms with Gasteiger partial charge in [-0.1, -0.05) is 0 Å². The molecule has 2 N–H and O–H groups in total. The van der Waals surface area contributed by atoms with Crippen LogP contribution in [0.15, 0.2) is 24.3 Å². The number of nitrogens with zero attached hydrogens (tertiary/aromatic N) is 1. The van der Waals surface area contributed by atoms with Gasteiger partial charge in [0.15, 0.2) is 0 Å². The number of rotatable bonds is 2. The zero-order chi connectivity index (χ0) is 16.0. The van der Waals surface area contributed by atoms with Gasteiger partial charge in [0.1, 0.15) is 5.82 Å². The van der Waals surface area contributed by atoms with Crippen molar-refractivity contribution < 1.29 is 9.90 Å². The molecule has 0 aliphatic heterocycles. The number of hydrogen-bond donors (Lipinski definition) is 2. The maximum Gasteiger partial charge on any atom is 0.335 e. The minimum atomic E-state index is -0.918. The number of carbonyl (C=O) groups is 1. The molecule has 22 heavy (non-hydrogen) atoms. The van der Waals surface area contributed by atoms with Gasteiger partial charge in [-0.2, -0.15) is 0 Å². The molecule has 0 saturated heterocycles. The third-order valence-electron chi connectivity index (χ3n) is 3.62. The standard InChI is InChI=1S/C16H12I2N2O2/c1-7-3-12-13(4-8(7)2)20-15(19-12)14-10(17)5-9(16(21)22)6-11(14)18/h3-6H,1-2H3,(H,19,20)(H,21,22). The van der Waals surface area contributed by atoms with E-state index in [1.807, 2.05) is 0 Å². The van der Waals surface area contributed by atoms with Gasteiger partial charge >= 0.3 is 5.97 Å². The minimum Gasteiger partial charge on any atom is -0.478 e. The number of benzene rings is 2. The number of carboxylic acids is 1. The highest BCUT2D eigenvalue weighted by Crippen LogP contribution is 2.31. The first kappa shape index (κ1) is 15.7. The van der Waals surface area contributed by atoms with Gasteiger partial charge in [0, 0.05) is 12.7 Å².